The van der Waals surface area contributed by atoms with Crippen LogP contribution in [0.1, 0.15) is 15.9 Å². The first-order valence-electron chi connectivity index (χ1n) is 7.31. The van der Waals surface area contributed by atoms with Gasteiger partial charge in [0.2, 0.25) is 0 Å². The summed E-state index contributed by atoms with van der Waals surface area (Å²) < 4.78 is 9.76. The van der Waals surface area contributed by atoms with Crippen molar-refractivity contribution in [2.75, 3.05) is 13.7 Å². The number of ketones is 1. The van der Waals surface area contributed by atoms with E-state index < -0.39 is 29.9 Å². The number of hydrogen-bond acceptors (Lipinski definition) is 7. The van der Waals surface area contributed by atoms with Gasteiger partial charge in [-0.2, -0.15) is 0 Å². The monoisotopic (exact) mass is 360 g/mol. The second-order valence-electron chi connectivity index (χ2n) is 5.15. The van der Waals surface area contributed by atoms with Crippen LogP contribution in [0, 0.1) is 0 Å². The Labute approximate surface area is 148 Å². The van der Waals surface area contributed by atoms with Crippen molar-refractivity contribution in [2.45, 2.75) is 0 Å². The molecular formula is C18H16O8. The van der Waals surface area contributed by atoms with E-state index in [2.05, 4.69) is 0 Å². The standard InChI is InChI=1S/C18H16O8/c1-25-16-5-3-10(6-13(16)20)2-4-12(19)18-14(21)7-11(8-15(18)22)26-9-17(23)24/h2-8,20-22H,9H2,1H3,(H,23,24)/b4-2+. The van der Waals surface area contributed by atoms with Gasteiger partial charge in [-0.05, 0) is 23.8 Å². The molecule has 2 aromatic rings. The fourth-order valence-electron chi connectivity index (χ4n) is 2.13. The van der Waals surface area contributed by atoms with E-state index in [0.717, 1.165) is 18.2 Å². The Bertz CT molecular complexity index is 846. The van der Waals surface area contributed by atoms with Gasteiger partial charge >= 0.3 is 5.97 Å². The minimum Gasteiger partial charge on any atom is -0.507 e. The molecule has 0 unspecified atom stereocenters. The lowest BCUT2D eigenvalue weighted by Gasteiger charge is -2.08. The van der Waals surface area contributed by atoms with Crippen molar-refractivity contribution in [3.05, 3.63) is 47.5 Å². The van der Waals surface area contributed by atoms with Crippen LogP contribution in [0.3, 0.4) is 0 Å². The second-order valence-corrected chi connectivity index (χ2v) is 5.15. The summed E-state index contributed by atoms with van der Waals surface area (Å²) in [4.78, 5) is 22.7. The van der Waals surface area contributed by atoms with Gasteiger partial charge in [0.25, 0.3) is 0 Å². The SMILES string of the molecule is COc1ccc(/C=C/C(=O)c2c(O)cc(OCC(=O)O)cc2O)cc1O. The third kappa shape index (κ3) is 4.44. The average molecular weight is 360 g/mol. The molecule has 0 spiro atoms. The minimum atomic E-state index is -1.23. The lowest BCUT2D eigenvalue weighted by molar-refractivity contribution is -0.139. The van der Waals surface area contributed by atoms with E-state index in [0.29, 0.717) is 5.56 Å². The first kappa shape index (κ1) is 18.7. The smallest absolute Gasteiger partial charge is 0.341 e. The Kier molecular flexibility index (Phi) is 5.69. The fourth-order valence-corrected chi connectivity index (χ4v) is 2.13. The number of carboxylic acid groups (broad SMARTS) is 1. The van der Waals surface area contributed by atoms with Crippen LogP contribution in [-0.2, 0) is 4.79 Å². The quantitative estimate of drug-likeness (QED) is 0.436. The number of phenolic OH excluding ortho intramolecular Hbond substituents is 3. The van der Waals surface area contributed by atoms with Gasteiger partial charge in [0.1, 0.15) is 22.8 Å². The number of carbonyl (C=O) groups is 2. The Balaban J connectivity index is 2.21. The van der Waals surface area contributed by atoms with Crippen molar-refractivity contribution in [3.8, 4) is 28.7 Å². The minimum absolute atomic E-state index is 0.0944. The van der Waals surface area contributed by atoms with E-state index in [1.165, 1.54) is 25.3 Å². The van der Waals surface area contributed by atoms with Crippen molar-refractivity contribution in [1.29, 1.82) is 0 Å². The van der Waals surface area contributed by atoms with E-state index in [1.54, 1.807) is 6.07 Å². The zero-order valence-corrected chi connectivity index (χ0v) is 13.7. The largest absolute Gasteiger partial charge is 0.507 e. The molecule has 136 valence electrons. The Morgan fingerprint density at radius 3 is 2.23 bits per heavy atom. The van der Waals surface area contributed by atoms with Crippen LogP contribution in [0.25, 0.3) is 6.08 Å². The predicted octanol–water partition coefficient (Wildman–Crippen LogP) is 2.17. The fraction of sp³-hybridized carbons (Fsp3) is 0.111. The maximum absolute atomic E-state index is 12.2. The zero-order chi connectivity index (χ0) is 19.3. The normalized spacial score (nSPS) is 10.7. The number of carboxylic acids is 1. The molecule has 8 heteroatoms. The molecule has 0 fully saturated rings. The molecule has 8 nitrogen and oxygen atoms in total. The molecule has 0 saturated carbocycles. The summed E-state index contributed by atoms with van der Waals surface area (Å²) >= 11 is 0. The molecule has 2 aromatic carbocycles. The van der Waals surface area contributed by atoms with Crippen molar-refractivity contribution in [2.24, 2.45) is 0 Å². The maximum Gasteiger partial charge on any atom is 0.341 e. The van der Waals surface area contributed by atoms with Crippen molar-refractivity contribution in [1.82, 2.24) is 0 Å². The first-order valence-corrected chi connectivity index (χ1v) is 7.31. The molecule has 4 N–H and O–H groups in total. The number of rotatable bonds is 7. The van der Waals surface area contributed by atoms with Crippen LogP contribution < -0.4 is 9.47 Å². The highest BCUT2D eigenvalue weighted by atomic mass is 16.5. The Hall–Kier alpha value is -3.68. The lowest BCUT2D eigenvalue weighted by Crippen LogP contribution is -2.09. The summed E-state index contributed by atoms with van der Waals surface area (Å²) in [5.41, 5.74) is 0.138. The molecule has 0 atom stereocenters. The summed E-state index contributed by atoms with van der Waals surface area (Å²) in [6.07, 6.45) is 2.49. The van der Waals surface area contributed by atoms with Crippen LogP contribution in [0.2, 0.25) is 0 Å². The van der Waals surface area contributed by atoms with E-state index in [-0.39, 0.29) is 22.8 Å². The van der Waals surface area contributed by atoms with Gasteiger partial charge in [0, 0.05) is 12.1 Å². The number of hydrogen-bond donors (Lipinski definition) is 4. The van der Waals surface area contributed by atoms with Gasteiger partial charge in [-0.15, -0.1) is 0 Å². The molecule has 0 aliphatic carbocycles. The third-order valence-electron chi connectivity index (χ3n) is 3.31. The maximum atomic E-state index is 12.2. The number of allylic oxidation sites excluding steroid dienone is 1. The molecule has 26 heavy (non-hydrogen) atoms. The van der Waals surface area contributed by atoms with Crippen molar-refractivity contribution >= 4 is 17.8 Å². The number of benzene rings is 2. The summed E-state index contributed by atoms with van der Waals surface area (Å²) in [7, 11) is 1.41. The summed E-state index contributed by atoms with van der Waals surface area (Å²) in [6.45, 7) is -0.660. The molecule has 0 bridgehead atoms. The van der Waals surface area contributed by atoms with Gasteiger partial charge in [-0.25, -0.2) is 4.79 Å². The number of ether oxygens (including phenoxy) is 2. The van der Waals surface area contributed by atoms with Crippen LogP contribution >= 0.6 is 0 Å². The lowest BCUT2D eigenvalue weighted by atomic mass is 10.1. The van der Waals surface area contributed by atoms with E-state index in [4.69, 9.17) is 14.6 Å². The average Bonchev–Trinajstić information content (AvgIpc) is 2.57. The summed E-state index contributed by atoms with van der Waals surface area (Å²) in [5, 5.41) is 38.1. The van der Waals surface area contributed by atoms with E-state index in [9.17, 15) is 24.9 Å². The summed E-state index contributed by atoms with van der Waals surface area (Å²) in [5.74, 6) is -2.96. The molecule has 0 amide bonds. The van der Waals surface area contributed by atoms with Gasteiger partial charge in [-0.1, -0.05) is 12.1 Å². The first-order chi connectivity index (χ1) is 12.3. The van der Waals surface area contributed by atoms with Crippen molar-refractivity contribution < 1.29 is 39.5 Å². The van der Waals surface area contributed by atoms with E-state index >= 15 is 0 Å². The number of methoxy groups -OCH3 is 1. The van der Waals surface area contributed by atoms with Gasteiger partial charge < -0.3 is 29.9 Å². The number of phenols is 3. The molecular weight excluding hydrogens is 344 g/mol. The Morgan fingerprint density at radius 1 is 1.04 bits per heavy atom. The molecule has 0 aromatic heterocycles. The molecule has 2 rings (SSSR count). The number of carbonyl (C=O) groups excluding carboxylic acids is 1. The molecule has 0 aliphatic heterocycles. The van der Waals surface area contributed by atoms with Gasteiger partial charge in [-0.3, -0.25) is 4.79 Å². The Morgan fingerprint density at radius 2 is 1.69 bits per heavy atom. The van der Waals surface area contributed by atoms with Crippen LogP contribution in [-0.4, -0.2) is 45.9 Å². The van der Waals surface area contributed by atoms with Gasteiger partial charge in [0.05, 0.1) is 7.11 Å². The number of aliphatic carboxylic acids is 1. The topological polar surface area (TPSA) is 134 Å². The van der Waals surface area contributed by atoms with Gasteiger partial charge in [0.15, 0.2) is 23.9 Å². The zero-order valence-electron chi connectivity index (χ0n) is 13.7. The highest BCUT2D eigenvalue weighted by molar-refractivity contribution is 6.10. The number of aromatic hydroxyl groups is 3. The highest BCUT2D eigenvalue weighted by Gasteiger charge is 2.16. The van der Waals surface area contributed by atoms with Crippen molar-refractivity contribution in [3.63, 3.8) is 0 Å². The van der Waals surface area contributed by atoms with E-state index in [1.807, 2.05) is 0 Å². The third-order valence-corrected chi connectivity index (χ3v) is 3.31. The second kappa shape index (κ2) is 7.93. The van der Waals surface area contributed by atoms with Crippen LogP contribution in [0.15, 0.2) is 36.4 Å². The molecule has 0 radical (unpaired) electrons. The molecule has 0 heterocycles. The summed E-state index contributed by atoms with van der Waals surface area (Å²) in [6, 6.07) is 6.56. The van der Waals surface area contributed by atoms with Crippen LogP contribution in [0.5, 0.6) is 28.7 Å². The molecule has 0 aliphatic rings. The predicted molar refractivity (Wildman–Crippen MR) is 90.9 cm³/mol. The van der Waals surface area contributed by atoms with Crippen LogP contribution in [0.4, 0.5) is 0 Å². The molecule has 0 saturated heterocycles. The highest BCUT2D eigenvalue weighted by Crippen LogP contribution is 2.33.